The molecule has 0 N–H and O–H groups in total. The molecule has 2 nitrogen and oxygen atoms in total. The van der Waals surface area contributed by atoms with Gasteiger partial charge in [-0.2, -0.15) is 0 Å². The van der Waals surface area contributed by atoms with Crippen LogP contribution in [0.3, 0.4) is 0 Å². The molecule has 4 bridgehead atoms. The van der Waals surface area contributed by atoms with Crippen LogP contribution in [0.25, 0.3) is 44.2 Å². The maximum absolute atomic E-state index is 6.47. The van der Waals surface area contributed by atoms with Gasteiger partial charge in [-0.05, 0) is 120 Å². The molecule has 12 rings (SSSR count). The number of rotatable bonds is 4. The van der Waals surface area contributed by atoms with E-state index in [4.69, 9.17) is 4.42 Å². The Balaban J connectivity index is 1.20. The van der Waals surface area contributed by atoms with Gasteiger partial charge >= 0.3 is 0 Å². The molecule has 4 fully saturated rings. The van der Waals surface area contributed by atoms with Crippen molar-refractivity contribution in [3.8, 4) is 22.3 Å². The van der Waals surface area contributed by atoms with Gasteiger partial charge in [0, 0.05) is 22.1 Å². The molecule has 5 aliphatic carbocycles. The molecule has 2 heteroatoms. The summed E-state index contributed by atoms with van der Waals surface area (Å²) in [6.45, 7) is 0. The van der Waals surface area contributed by atoms with Gasteiger partial charge in [0.2, 0.25) is 0 Å². The molecular formula is C46H37NO. The second kappa shape index (κ2) is 9.97. The van der Waals surface area contributed by atoms with E-state index >= 15 is 0 Å². The maximum atomic E-state index is 6.47. The maximum Gasteiger partial charge on any atom is 0.137 e. The lowest BCUT2D eigenvalue weighted by molar-refractivity contribution is -0.0399. The minimum absolute atomic E-state index is 0.105. The average molecular weight is 620 g/mol. The summed E-state index contributed by atoms with van der Waals surface area (Å²) in [6, 6.07) is 51.7. The zero-order chi connectivity index (χ0) is 31.4. The minimum atomic E-state index is 0.105. The topological polar surface area (TPSA) is 16.4 Å². The molecule has 1 heterocycles. The van der Waals surface area contributed by atoms with Crippen LogP contribution in [0.5, 0.6) is 0 Å². The van der Waals surface area contributed by atoms with Crippen LogP contribution in [-0.4, -0.2) is 0 Å². The van der Waals surface area contributed by atoms with Crippen molar-refractivity contribution in [2.24, 2.45) is 23.7 Å². The number of para-hydroxylation sites is 2. The zero-order valence-corrected chi connectivity index (χ0v) is 27.0. The minimum Gasteiger partial charge on any atom is -0.456 e. The fourth-order valence-corrected chi connectivity index (χ4v) is 11.2. The van der Waals surface area contributed by atoms with Gasteiger partial charge in [-0.1, -0.05) is 103 Å². The van der Waals surface area contributed by atoms with Crippen molar-refractivity contribution in [1.82, 2.24) is 0 Å². The number of fused-ring (bicyclic) bond motifs is 6. The standard InChI is InChI=1S/C46H37NO/c1-2-11-31(12-3-1)35-13-5-8-17-41(35)47(42-18-10-20-44-45(42)38-15-6-9-19-43(38)48-44)34-21-22-37-36-14-4-7-16-39(36)46(40(37)28-34)32-24-29-23-30(26-32)27-33(46)25-29/h1-22,28-30,32-33H,23-27H2. The Morgan fingerprint density at radius 2 is 1.15 bits per heavy atom. The molecule has 0 amide bonds. The van der Waals surface area contributed by atoms with E-state index in [1.54, 1.807) is 11.1 Å². The van der Waals surface area contributed by atoms with E-state index in [1.807, 2.05) is 0 Å². The molecule has 6 aromatic carbocycles. The molecule has 7 aromatic rings. The highest BCUT2D eigenvalue weighted by molar-refractivity contribution is 6.14. The SMILES string of the molecule is c1ccc(-c2ccccc2N(c2ccc3c(c2)C2(c4ccccc4-3)C3CC4CC(C3)CC2C4)c2cccc3oc4ccccc4c23)cc1. The predicted molar refractivity (Wildman–Crippen MR) is 197 cm³/mol. The molecule has 48 heavy (non-hydrogen) atoms. The van der Waals surface area contributed by atoms with E-state index in [0.717, 1.165) is 51.3 Å². The van der Waals surface area contributed by atoms with Crippen LogP contribution in [0.15, 0.2) is 144 Å². The lowest BCUT2D eigenvalue weighted by Crippen LogP contribution is -2.55. The monoisotopic (exact) mass is 619 g/mol. The van der Waals surface area contributed by atoms with E-state index in [-0.39, 0.29) is 5.41 Å². The summed E-state index contributed by atoms with van der Waals surface area (Å²) in [7, 11) is 0. The van der Waals surface area contributed by atoms with E-state index in [9.17, 15) is 0 Å². The molecule has 0 saturated heterocycles. The molecule has 5 aliphatic rings. The van der Waals surface area contributed by atoms with Gasteiger partial charge in [0.05, 0.1) is 16.8 Å². The molecule has 1 aromatic heterocycles. The van der Waals surface area contributed by atoms with Gasteiger partial charge in [-0.3, -0.25) is 0 Å². The largest absolute Gasteiger partial charge is 0.456 e. The fraction of sp³-hybridized carbons (Fsp3) is 0.217. The third-order valence-electron chi connectivity index (χ3n) is 12.6. The van der Waals surface area contributed by atoms with Crippen molar-refractivity contribution < 1.29 is 4.42 Å². The summed E-state index contributed by atoms with van der Waals surface area (Å²) >= 11 is 0. The molecule has 1 spiro atoms. The van der Waals surface area contributed by atoms with Crippen LogP contribution in [0.2, 0.25) is 0 Å². The number of benzene rings is 6. The van der Waals surface area contributed by atoms with Crippen molar-refractivity contribution in [1.29, 1.82) is 0 Å². The Kier molecular flexibility index (Phi) is 5.59. The molecule has 0 aliphatic heterocycles. The van der Waals surface area contributed by atoms with Crippen LogP contribution in [0.4, 0.5) is 17.1 Å². The van der Waals surface area contributed by atoms with E-state index in [1.165, 1.54) is 65.7 Å². The van der Waals surface area contributed by atoms with E-state index in [0.29, 0.717) is 0 Å². The lowest BCUT2D eigenvalue weighted by atomic mass is 9.43. The Morgan fingerprint density at radius 3 is 1.98 bits per heavy atom. The van der Waals surface area contributed by atoms with Crippen LogP contribution in [0, 0.1) is 23.7 Å². The average Bonchev–Trinajstić information content (AvgIpc) is 3.65. The van der Waals surface area contributed by atoms with Crippen molar-refractivity contribution in [3.63, 3.8) is 0 Å². The molecule has 0 atom stereocenters. The van der Waals surface area contributed by atoms with Gasteiger partial charge in [0.1, 0.15) is 11.2 Å². The van der Waals surface area contributed by atoms with Gasteiger partial charge in [0.15, 0.2) is 0 Å². The zero-order valence-electron chi connectivity index (χ0n) is 27.0. The van der Waals surface area contributed by atoms with Gasteiger partial charge in [0.25, 0.3) is 0 Å². The molecule has 0 radical (unpaired) electrons. The van der Waals surface area contributed by atoms with E-state index < -0.39 is 0 Å². The highest BCUT2D eigenvalue weighted by Gasteiger charge is 2.61. The summed E-state index contributed by atoms with van der Waals surface area (Å²) in [6.07, 6.45) is 6.99. The van der Waals surface area contributed by atoms with Crippen molar-refractivity contribution >= 4 is 39.0 Å². The van der Waals surface area contributed by atoms with Gasteiger partial charge < -0.3 is 9.32 Å². The Labute approximate surface area is 281 Å². The Bertz CT molecular complexity index is 2350. The molecular weight excluding hydrogens is 583 g/mol. The number of hydrogen-bond donors (Lipinski definition) is 0. The lowest BCUT2D eigenvalue weighted by Gasteiger charge is -2.61. The molecule has 0 unspecified atom stereocenters. The third-order valence-corrected chi connectivity index (χ3v) is 12.6. The summed E-state index contributed by atoms with van der Waals surface area (Å²) in [4.78, 5) is 2.53. The van der Waals surface area contributed by atoms with Crippen LogP contribution in [0.1, 0.15) is 43.2 Å². The van der Waals surface area contributed by atoms with Crippen LogP contribution < -0.4 is 4.90 Å². The highest BCUT2D eigenvalue weighted by Crippen LogP contribution is 2.69. The second-order valence-corrected chi connectivity index (χ2v) is 14.9. The molecule has 4 saturated carbocycles. The van der Waals surface area contributed by atoms with Crippen molar-refractivity contribution in [3.05, 3.63) is 151 Å². The summed E-state index contributed by atoms with van der Waals surface area (Å²) in [5.74, 6) is 3.27. The van der Waals surface area contributed by atoms with E-state index in [2.05, 4.69) is 144 Å². The first-order valence-electron chi connectivity index (χ1n) is 17.9. The number of nitrogens with zero attached hydrogens (tertiary/aromatic N) is 1. The smallest absolute Gasteiger partial charge is 0.137 e. The molecule has 232 valence electrons. The third kappa shape index (κ3) is 3.58. The van der Waals surface area contributed by atoms with Crippen LogP contribution in [-0.2, 0) is 5.41 Å². The van der Waals surface area contributed by atoms with Crippen molar-refractivity contribution in [2.45, 2.75) is 37.5 Å². The number of furan rings is 1. The fourth-order valence-electron chi connectivity index (χ4n) is 11.2. The Hall–Kier alpha value is -5.08. The van der Waals surface area contributed by atoms with Crippen LogP contribution >= 0.6 is 0 Å². The highest BCUT2D eigenvalue weighted by atomic mass is 16.3. The normalized spacial score (nSPS) is 24.8. The van der Waals surface area contributed by atoms with Crippen molar-refractivity contribution in [2.75, 3.05) is 4.90 Å². The summed E-state index contributed by atoms with van der Waals surface area (Å²) in [5, 5.41) is 2.31. The summed E-state index contributed by atoms with van der Waals surface area (Å²) < 4.78 is 6.47. The first-order chi connectivity index (χ1) is 23.8. The predicted octanol–water partition coefficient (Wildman–Crippen LogP) is 12.4. The first kappa shape index (κ1) is 26.9. The van der Waals surface area contributed by atoms with Gasteiger partial charge in [-0.25, -0.2) is 0 Å². The summed E-state index contributed by atoms with van der Waals surface area (Å²) in [5.41, 5.74) is 14.0. The quantitative estimate of drug-likeness (QED) is 0.195. The number of anilines is 3. The number of hydrogen-bond acceptors (Lipinski definition) is 2. The Morgan fingerprint density at radius 1 is 0.500 bits per heavy atom. The van der Waals surface area contributed by atoms with Gasteiger partial charge in [-0.15, -0.1) is 0 Å². The second-order valence-electron chi connectivity index (χ2n) is 14.9. The first-order valence-corrected chi connectivity index (χ1v) is 17.9.